The van der Waals surface area contributed by atoms with Gasteiger partial charge < -0.3 is 14.6 Å². The van der Waals surface area contributed by atoms with E-state index in [9.17, 15) is 14.0 Å². The van der Waals surface area contributed by atoms with Crippen LogP contribution in [0.3, 0.4) is 0 Å². The van der Waals surface area contributed by atoms with E-state index < -0.39 is 0 Å². The Morgan fingerprint density at radius 3 is 2.65 bits per heavy atom. The standard InChI is InChI=1S/C20H23FN2O3/c1-13-10-18(14(2)26-13)20(25)23-9-3-4-16(12-23)19(24)22-11-15-5-7-17(21)8-6-15/h5-8,10,16H,3-4,9,11-12H2,1-2H3,(H,22,24)/t16-/m0/s1. The summed E-state index contributed by atoms with van der Waals surface area (Å²) >= 11 is 0. The van der Waals surface area contributed by atoms with Crippen molar-refractivity contribution in [2.45, 2.75) is 33.2 Å². The summed E-state index contributed by atoms with van der Waals surface area (Å²) in [5.74, 6) is 0.613. The van der Waals surface area contributed by atoms with Gasteiger partial charge in [0.05, 0.1) is 11.5 Å². The first-order valence-electron chi connectivity index (χ1n) is 8.82. The number of furan rings is 1. The number of carbonyl (C=O) groups excluding carboxylic acids is 2. The second kappa shape index (κ2) is 7.72. The van der Waals surface area contributed by atoms with E-state index in [1.165, 1.54) is 12.1 Å². The lowest BCUT2D eigenvalue weighted by Gasteiger charge is -2.32. The molecular formula is C20H23FN2O3. The molecule has 138 valence electrons. The Labute approximate surface area is 152 Å². The summed E-state index contributed by atoms with van der Waals surface area (Å²) in [6.07, 6.45) is 1.54. The number of aryl methyl sites for hydroxylation is 2. The Kier molecular flexibility index (Phi) is 5.40. The van der Waals surface area contributed by atoms with Crippen molar-refractivity contribution in [1.82, 2.24) is 10.2 Å². The average Bonchev–Trinajstić information content (AvgIpc) is 2.98. The van der Waals surface area contributed by atoms with Crippen LogP contribution in [0.1, 0.15) is 40.3 Å². The Morgan fingerprint density at radius 2 is 2.00 bits per heavy atom. The van der Waals surface area contributed by atoms with Gasteiger partial charge in [-0.2, -0.15) is 0 Å². The van der Waals surface area contributed by atoms with Crippen molar-refractivity contribution in [2.24, 2.45) is 5.92 Å². The molecule has 0 spiro atoms. The predicted octanol–water partition coefficient (Wildman–Crippen LogP) is 3.20. The number of nitrogens with one attached hydrogen (secondary N) is 1. The van der Waals surface area contributed by atoms with Gasteiger partial charge in [-0.05, 0) is 50.5 Å². The summed E-state index contributed by atoms with van der Waals surface area (Å²) < 4.78 is 18.4. The predicted molar refractivity (Wildman–Crippen MR) is 95.1 cm³/mol. The van der Waals surface area contributed by atoms with Crippen molar-refractivity contribution in [3.8, 4) is 0 Å². The van der Waals surface area contributed by atoms with Gasteiger partial charge in [-0.1, -0.05) is 12.1 Å². The molecule has 0 aliphatic carbocycles. The maximum absolute atomic E-state index is 12.9. The van der Waals surface area contributed by atoms with Crippen molar-refractivity contribution in [3.05, 3.63) is 58.8 Å². The van der Waals surface area contributed by atoms with Crippen LogP contribution in [0.5, 0.6) is 0 Å². The molecule has 2 heterocycles. The molecule has 1 atom stereocenters. The molecular weight excluding hydrogens is 335 g/mol. The number of piperidine rings is 1. The van der Waals surface area contributed by atoms with Gasteiger partial charge in [-0.15, -0.1) is 0 Å². The van der Waals surface area contributed by atoms with E-state index in [-0.39, 0.29) is 23.5 Å². The maximum Gasteiger partial charge on any atom is 0.257 e. The van der Waals surface area contributed by atoms with Crippen LogP contribution in [-0.4, -0.2) is 29.8 Å². The number of nitrogens with zero attached hydrogens (tertiary/aromatic N) is 1. The van der Waals surface area contributed by atoms with E-state index in [4.69, 9.17) is 4.42 Å². The van der Waals surface area contributed by atoms with Crippen molar-refractivity contribution in [1.29, 1.82) is 0 Å². The van der Waals surface area contributed by atoms with Crippen LogP contribution >= 0.6 is 0 Å². The number of likely N-dealkylation sites (tertiary alicyclic amines) is 1. The second-order valence-corrected chi connectivity index (χ2v) is 6.76. The van der Waals surface area contributed by atoms with Crippen LogP contribution in [0.25, 0.3) is 0 Å². The van der Waals surface area contributed by atoms with Crippen LogP contribution in [0.2, 0.25) is 0 Å². The maximum atomic E-state index is 12.9. The first-order valence-corrected chi connectivity index (χ1v) is 8.82. The molecule has 1 aromatic heterocycles. The zero-order valence-electron chi connectivity index (χ0n) is 15.0. The lowest BCUT2D eigenvalue weighted by molar-refractivity contribution is -0.126. The lowest BCUT2D eigenvalue weighted by Crippen LogP contribution is -2.45. The molecule has 1 N–H and O–H groups in total. The Balaban J connectivity index is 1.58. The second-order valence-electron chi connectivity index (χ2n) is 6.76. The topological polar surface area (TPSA) is 62.6 Å². The molecule has 1 aliphatic rings. The number of amides is 2. The molecule has 1 aliphatic heterocycles. The highest BCUT2D eigenvalue weighted by Crippen LogP contribution is 2.22. The lowest BCUT2D eigenvalue weighted by atomic mass is 9.96. The SMILES string of the molecule is Cc1cc(C(=O)N2CCC[C@H](C(=O)NCc3ccc(F)cc3)C2)c(C)o1. The summed E-state index contributed by atoms with van der Waals surface area (Å²) in [6, 6.07) is 7.79. The van der Waals surface area contributed by atoms with Crippen molar-refractivity contribution >= 4 is 11.8 Å². The monoisotopic (exact) mass is 358 g/mol. The van der Waals surface area contributed by atoms with Crippen LogP contribution in [0.15, 0.2) is 34.7 Å². The number of hydrogen-bond acceptors (Lipinski definition) is 3. The molecule has 1 saturated heterocycles. The van der Waals surface area contributed by atoms with Crippen molar-refractivity contribution in [2.75, 3.05) is 13.1 Å². The molecule has 2 aromatic rings. The smallest absolute Gasteiger partial charge is 0.257 e. The molecule has 26 heavy (non-hydrogen) atoms. The summed E-state index contributed by atoms with van der Waals surface area (Å²) in [5.41, 5.74) is 1.41. The molecule has 2 amide bonds. The highest BCUT2D eigenvalue weighted by atomic mass is 19.1. The minimum absolute atomic E-state index is 0.0769. The van der Waals surface area contributed by atoms with E-state index in [2.05, 4.69) is 5.32 Å². The van der Waals surface area contributed by atoms with E-state index in [0.717, 1.165) is 18.4 Å². The van der Waals surface area contributed by atoms with E-state index in [1.807, 2.05) is 6.92 Å². The third-order valence-electron chi connectivity index (χ3n) is 4.73. The summed E-state index contributed by atoms with van der Waals surface area (Å²) in [4.78, 5) is 26.9. The first kappa shape index (κ1) is 18.2. The third kappa shape index (κ3) is 4.12. The highest BCUT2D eigenvalue weighted by Gasteiger charge is 2.30. The van der Waals surface area contributed by atoms with Gasteiger partial charge in [0.2, 0.25) is 5.91 Å². The van der Waals surface area contributed by atoms with Gasteiger partial charge in [0.25, 0.3) is 5.91 Å². The minimum atomic E-state index is -0.300. The average molecular weight is 358 g/mol. The summed E-state index contributed by atoms with van der Waals surface area (Å²) in [6.45, 7) is 4.98. The Bertz CT molecular complexity index is 798. The van der Waals surface area contributed by atoms with Crippen LogP contribution < -0.4 is 5.32 Å². The molecule has 1 fully saturated rings. The molecule has 0 unspecified atom stereocenters. The normalized spacial score (nSPS) is 17.2. The van der Waals surface area contributed by atoms with E-state index in [0.29, 0.717) is 36.7 Å². The summed E-state index contributed by atoms with van der Waals surface area (Å²) in [7, 11) is 0. The van der Waals surface area contributed by atoms with Crippen LogP contribution in [-0.2, 0) is 11.3 Å². The number of carbonyl (C=O) groups is 2. The van der Waals surface area contributed by atoms with Gasteiger partial charge in [0.1, 0.15) is 17.3 Å². The molecule has 6 heteroatoms. The number of hydrogen-bond donors (Lipinski definition) is 1. The minimum Gasteiger partial charge on any atom is -0.466 e. The summed E-state index contributed by atoms with van der Waals surface area (Å²) in [5, 5.41) is 2.89. The van der Waals surface area contributed by atoms with Crippen LogP contribution in [0, 0.1) is 25.6 Å². The van der Waals surface area contributed by atoms with E-state index >= 15 is 0 Å². The molecule has 0 saturated carbocycles. The zero-order chi connectivity index (χ0) is 18.7. The molecule has 0 bridgehead atoms. The molecule has 1 aromatic carbocycles. The molecule has 5 nitrogen and oxygen atoms in total. The van der Waals surface area contributed by atoms with Gasteiger partial charge in [-0.3, -0.25) is 9.59 Å². The van der Waals surface area contributed by atoms with Gasteiger partial charge >= 0.3 is 0 Å². The van der Waals surface area contributed by atoms with Gasteiger partial charge in [0, 0.05) is 19.6 Å². The number of halogens is 1. The van der Waals surface area contributed by atoms with E-state index in [1.54, 1.807) is 30.0 Å². The van der Waals surface area contributed by atoms with Crippen molar-refractivity contribution < 1.29 is 18.4 Å². The highest BCUT2D eigenvalue weighted by molar-refractivity contribution is 5.95. The van der Waals surface area contributed by atoms with Crippen LogP contribution in [0.4, 0.5) is 4.39 Å². The Hall–Kier alpha value is -2.63. The fraction of sp³-hybridized carbons (Fsp3) is 0.400. The van der Waals surface area contributed by atoms with Crippen molar-refractivity contribution in [3.63, 3.8) is 0 Å². The zero-order valence-corrected chi connectivity index (χ0v) is 15.0. The van der Waals surface area contributed by atoms with Gasteiger partial charge in [0.15, 0.2) is 0 Å². The first-order chi connectivity index (χ1) is 12.4. The van der Waals surface area contributed by atoms with Gasteiger partial charge in [-0.25, -0.2) is 4.39 Å². The fourth-order valence-corrected chi connectivity index (χ4v) is 3.32. The number of rotatable bonds is 4. The number of benzene rings is 1. The Morgan fingerprint density at radius 1 is 1.27 bits per heavy atom. The fourth-order valence-electron chi connectivity index (χ4n) is 3.32. The molecule has 3 rings (SSSR count). The third-order valence-corrected chi connectivity index (χ3v) is 4.73. The molecule has 0 radical (unpaired) electrons. The largest absolute Gasteiger partial charge is 0.466 e. The quantitative estimate of drug-likeness (QED) is 0.913.